The quantitative estimate of drug-likeness (QED) is 0.493. The smallest absolute Gasteiger partial charge is 0.307 e. The van der Waals surface area contributed by atoms with Crippen molar-refractivity contribution >= 4 is 45.6 Å². The van der Waals surface area contributed by atoms with Crippen molar-refractivity contribution in [3.8, 4) is 0 Å². The van der Waals surface area contributed by atoms with E-state index in [1.807, 2.05) is 0 Å². The van der Waals surface area contributed by atoms with Gasteiger partial charge in [0.2, 0.25) is 5.91 Å². The van der Waals surface area contributed by atoms with Crippen LogP contribution in [0.2, 0.25) is 0 Å². The third kappa shape index (κ3) is 4.78. The Bertz CT molecular complexity index is 994. The Balaban J connectivity index is 1.73. The maximum Gasteiger partial charge on any atom is 0.307 e. The van der Waals surface area contributed by atoms with Crippen molar-refractivity contribution in [3.05, 3.63) is 59.0 Å². The monoisotopic (exact) mass is 412 g/mol. The maximum absolute atomic E-state index is 12.7. The second kappa shape index (κ2) is 8.83. The molecular weight excluding hydrogens is 392 g/mol. The van der Waals surface area contributed by atoms with E-state index in [-0.39, 0.29) is 11.3 Å². The van der Waals surface area contributed by atoms with Gasteiger partial charge in [-0.1, -0.05) is 24.3 Å². The molecule has 0 bridgehead atoms. The number of carboxylic acid groups (broad SMARTS) is 1. The minimum atomic E-state index is -1.01. The van der Waals surface area contributed by atoms with Gasteiger partial charge in [-0.15, -0.1) is 11.3 Å². The molecule has 8 heteroatoms. The van der Waals surface area contributed by atoms with Gasteiger partial charge in [-0.05, 0) is 43.3 Å². The first-order chi connectivity index (χ1) is 13.9. The highest BCUT2D eigenvalue weighted by atomic mass is 32.1. The number of hydrogen-bond acceptors (Lipinski definition) is 5. The van der Waals surface area contributed by atoms with E-state index in [2.05, 4.69) is 10.6 Å². The van der Waals surface area contributed by atoms with Gasteiger partial charge in [-0.2, -0.15) is 0 Å². The molecule has 0 radical (unpaired) electrons. The molecule has 0 saturated carbocycles. The molecule has 3 rings (SSSR count). The molecule has 0 spiro atoms. The molecule has 0 saturated heterocycles. The number of amides is 2. The lowest BCUT2D eigenvalue weighted by atomic mass is 9.82. The third-order valence-corrected chi connectivity index (χ3v) is 5.59. The zero-order chi connectivity index (χ0) is 21.0. The van der Waals surface area contributed by atoms with Gasteiger partial charge in [0.1, 0.15) is 5.00 Å². The van der Waals surface area contributed by atoms with Crippen molar-refractivity contribution in [1.29, 1.82) is 0 Å². The summed E-state index contributed by atoms with van der Waals surface area (Å²) in [7, 11) is 0. The van der Waals surface area contributed by atoms with Gasteiger partial charge in [0.25, 0.3) is 5.91 Å². The predicted molar refractivity (Wildman–Crippen MR) is 110 cm³/mol. The Morgan fingerprint density at radius 2 is 1.76 bits per heavy atom. The number of rotatable bonds is 6. The molecule has 29 heavy (non-hydrogen) atoms. The van der Waals surface area contributed by atoms with Crippen molar-refractivity contribution < 1.29 is 24.3 Å². The number of ketones is 1. The normalized spacial score (nSPS) is 18.1. The predicted octanol–water partition coefficient (Wildman–Crippen LogP) is 3.81. The summed E-state index contributed by atoms with van der Waals surface area (Å²) >= 11 is 1.19. The number of thiophene rings is 1. The molecule has 1 aromatic carbocycles. The molecule has 1 heterocycles. The molecule has 0 aliphatic heterocycles. The maximum atomic E-state index is 12.7. The Morgan fingerprint density at radius 3 is 2.45 bits per heavy atom. The van der Waals surface area contributed by atoms with Gasteiger partial charge in [0.05, 0.1) is 17.4 Å². The summed E-state index contributed by atoms with van der Waals surface area (Å²) in [6, 6.07) is 8.16. The van der Waals surface area contributed by atoms with Crippen molar-refractivity contribution in [2.24, 2.45) is 11.8 Å². The van der Waals surface area contributed by atoms with E-state index in [0.29, 0.717) is 29.1 Å². The minimum Gasteiger partial charge on any atom is -0.481 e. The molecule has 2 atom stereocenters. The Labute approximate surface area is 171 Å². The summed E-state index contributed by atoms with van der Waals surface area (Å²) in [5.41, 5.74) is 1.22. The standard InChI is InChI=1S/C21H20N2O5S/c1-12(24)13-5-4-6-14(11-13)22-19(26)17-9-10-29-20(17)23-18(25)15-7-2-3-8-16(15)21(27)28/h2-6,9-11,15-16H,7-8H2,1H3,(H,22,26)(H,23,25)(H,27,28)/t15-,16+/m0/s1. The van der Waals surface area contributed by atoms with Crippen molar-refractivity contribution in [1.82, 2.24) is 0 Å². The van der Waals surface area contributed by atoms with E-state index in [1.165, 1.54) is 18.3 Å². The second-order valence-electron chi connectivity index (χ2n) is 6.74. The Morgan fingerprint density at radius 1 is 1.03 bits per heavy atom. The van der Waals surface area contributed by atoms with Gasteiger partial charge < -0.3 is 15.7 Å². The number of allylic oxidation sites excluding steroid dienone is 2. The first-order valence-electron chi connectivity index (χ1n) is 9.05. The number of carboxylic acids is 1. The molecule has 0 unspecified atom stereocenters. The second-order valence-corrected chi connectivity index (χ2v) is 7.65. The summed E-state index contributed by atoms with van der Waals surface area (Å²) in [6.45, 7) is 1.44. The van der Waals surface area contributed by atoms with E-state index in [1.54, 1.807) is 47.9 Å². The first-order valence-corrected chi connectivity index (χ1v) is 9.93. The van der Waals surface area contributed by atoms with Crippen LogP contribution >= 0.6 is 11.3 Å². The lowest BCUT2D eigenvalue weighted by molar-refractivity contribution is -0.146. The van der Waals surface area contributed by atoms with Gasteiger partial charge in [0, 0.05) is 11.3 Å². The van der Waals surface area contributed by atoms with E-state index in [9.17, 15) is 24.3 Å². The molecule has 1 aliphatic carbocycles. The minimum absolute atomic E-state index is 0.112. The van der Waals surface area contributed by atoms with E-state index in [4.69, 9.17) is 0 Å². The van der Waals surface area contributed by atoms with Crippen LogP contribution in [-0.4, -0.2) is 28.7 Å². The molecule has 3 N–H and O–H groups in total. The molecule has 1 aromatic heterocycles. The van der Waals surface area contributed by atoms with Crippen LogP contribution in [0.4, 0.5) is 10.7 Å². The van der Waals surface area contributed by atoms with Crippen LogP contribution in [0, 0.1) is 11.8 Å². The highest BCUT2D eigenvalue weighted by Gasteiger charge is 2.34. The number of carbonyl (C=O) groups excluding carboxylic acids is 3. The van der Waals surface area contributed by atoms with E-state index >= 15 is 0 Å². The van der Waals surface area contributed by atoms with Crippen LogP contribution < -0.4 is 10.6 Å². The van der Waals surface area contributed by atoms with Crippen LogP contribution in [0.5, 0.6) is 0 Å². The Hall–Kier alpha value is -3.26. The number of nitrogens with one attached hydrogen (secondary N) is 2. The zero-order valence-corrected chi connectivity index (χ0v) is 16.5. The summed E-state index contributed by atoms with van der Waals surface area (Å²) in [5, 5.41) is 16.8. The number of Topliss-reactive ketones (excluding diaryl/α,β-unsaturated/α-hetero) is 1. The molecule has 2 aromatic rings. The number of benzene rings is 1. The fourth-order valence-electron chi connectivity index (χ4n) is 3.18. The van der Waals surface area contributed by atoms with Crippen molar-refractivity contribution in [3.63, 3.8) is 0 Å². The van der Waals surface area contributed by atoms with E-state index < -0.39 is 29.6 Å². The largest absolute Gasteiger partial charge is 0.481 e. The fraction of sp³-hybridized carbons (Fsp3) is 0.238. The molecule has 2 amide bonds. The van der Waals surface area contributed by atoms with Crippen LogP contribution in [0.25, 0.3) is 0 Å². The molecular formula is C21H20N2O5S. The summed E-state index contributed by atoms with van der Waals surface area (Å²) < 4.78 is 0. The van der Waals surface area contributed by atoms with Gasteiger partial charge in [-0.3, -0.25) is 19.2 Å². The highest BCUT2D eigenvalue weighted by molar-refractivity contribution is 7.14. The lowest BCUT2D eigenvalue weighted by Crippen LogP contribution is -2.34. The van der Waals surface area contributed by atoms with E-state index in [0.717, 1.165) is 0 Å². The number of hydrogen-bond donors (Lipinski definition) is 3. The average molecular weight is 412 g/mol. The zero-order valence-electron chi connectivity index (χ0n) is 15.7. The number of aliphatic carboxylic acids is 1. The topological polar surface area (TPSA) is 113 Å². The Kier molecular flexibility index (Phi) is 6.23. The molecule has 0 fully saturated rings. The van der Waals surface area contributed by atoms with Gasteiger partial charge >= 0.3 is 5.97 Å². The van der Waals surface area contributed by atoms with Crippen LogP contribution in [-0.2, 0) is 9.59 Å². The highest BCUT2D eigenvalue weighted by Crippen LogP contribution is 2.30. The summed E-state index contributed by atoms with van der Waals surface area (Å²) in [6.07, 6.45) is 4.21. The van der Waals surface area contributed by atoms with Crippen molar-refractivity contribution in [2.45, 2.75) is 19.8 Å². The van der Waals surface area contributed by atoms with Crippen molar-refractivity contribution in [2.75, 3.05) is 10.6 Å². The average Bonchev–Trinajstić information content (AvgIpc) is 3.16. The van der Waals surface area contributed by atoms with Crippen LogP contribution in [0.1, 0.15) is 40.5 Å². The lowest BCUT2D eigenvalue weighted by Gasteiger charge is -2.24. The molecule has 1 aliphatic rings. The number of anilines is 2. The fourth-order valence-corrected chi connectivity index (χ4v) is 3.97. The van der Waals surface area contributed by atoms with Crippen LogP contribution in [0.15, 0.2) is 47.9 Å². The molecule has 150 valence electrons. The van der Waals surface area contributed by atoms with Gasteiger partial charge in [-0.25, -0.2) is 0 Å². The third-order valence-electron chi connectivity index (χ3n) is 4.76. The SMILES string of the molecule is CC(=O)c1cccc(NC(=O)c2ccsc2NC(=O)[C@H]2CC=CC[C@H]2C(=O)O)c1. The molecule has 7 nitrogen and oxygen atoms in total. The number of carbonyl (C=O) groups is 4. The van der Waals surface area contributed by atoms with Crippen LogP contribution in [0.3, 0.4) is 0 Å². The summed E-state index contributed by atoms with van der Waals surface area (Å²) in [4.78, 5) is 48.3. The first kappa shape index (κ1) is 20.5. The van der Waals surface area contributed by atoms with Gasteiger partial charge in [0.15, 0.2) is 5.78 Å². The summed E-state index contributed by atoms with van der Waals surface area (Å²) in [5.74, 6) is -3.45.